The third-order valence-corrected chi connectivity index (χ3v) is 5.39. The molecule has 0 saturated heterocycles. The molecule has 0 aliphatic carbocycles. The lowest BCUT2D eigenvalue weighted by molar-refractivity contribution is 0.280. The van der Waals surface area contributed by atoms with E-state index in [0.717, 1.165) is 46.3 Å². The van der Waals surface area contributed by atoms with Gasteiger partial charge >= 0.3 is 0 Å². The van der Waals surface area contributed by atoms with Crippen molar-refractivity contribution in [2.45, 2.75) is 46.2 Å². The minimum atomic E-state index is 0.149. The summed E-state index contributed by atoms with van der Waals surface area (Å²) in [6, 6.07) is 15.0. The predicted molar refractivity (Wildman–Crippen MR) is 121 cm³/mol. The van der Waals surface area contributed by atoms with E-state index in [1.54, 1.807) is 0 Å². The minimum Gasteiger partial charge on any atom is -0.492 e. The second-order valence-electron chi connectivity index (χ2n) is 7.91. The molecule has 1 heterocycles. The molecule has 0 saturated carbocycles. The number of nitrogens with one attached hydrogen (secondary N) is 1. The second-order valence-corrected chi connectivity index (χ2v) is 7.91. The van der Waals surface area contributed by atoms with Crippen LogP contribution in [0.2, 0.25) is 0 Å². The van der Waals surface area contributed by atoms with Crippen LogP contribution >= 0.6 is 0 Å². The van der Waals surface area contributed by atoms with Gasteiger partial charge in [0.05, 0.1) is 11.1 Å². The molecule has 0 bridgehead atoms. The first-order chi connectivity index (χ1) is 14.5. The molecular weight excluding hydrogens is 374 g/mol. The van der Waals surface area contributed by atoms with Crippen molar-refractivity contribution in [3.8, 4) is 11.8 Å². The standard InChI is InChI=1S/C25H31N3O2/c1-18-6-4-7-19(2)25(18)30-13-9-27-20(3)14-21-15-22-8-11-28(10-5-12-29)24(22)23(16-21)17-26/h4,6-8,11,15-16,20,27,29H,5,9-10,12-14H2,1-3H3/t20-/m1/s1. The first-order valence-corrected chi connectivity index (χ1v) is 10.6. The van der Waals surface area contributed by atoms with Crippen LogP contribution in [0, 0.1) is 25.2 Å². The molecule has 1 atom stereocenters. The van der Waals surface area contributed by atoms with Gasteiger partial charge in [-0.15, -0.1) is 0 Å². The number of nitriles is 1. The molecule has 1 aromatic heterocycles. The van der Waals surface area contributed by atoms with Crippen LogP contribution in [0.3, 0.4) is 0 Å². The smallest absolute Gasteiger partial charge is 0.125 e. The molecule has 2 N–H and O–H groups in total. The van der Waals surface area contributed by atoms with E-state index in [4.69, 9.17) is 9.84 Å². The number of hydrogen-bond acceptors (Lipinski definition) is 4. The van der Waals surface area contributed by atoms with Gasteiger partial charge in [0.25, 0.3) is 0 Å². The maximum Gasteiger partial charge on any atom is 0.125 e. The Kier molecular flexibility index (Phi) is 7.51. The summed E-state index contributed by atoms with van der Waals surface area (Å²) in [5.41, 5.74) is 5.11. The van der Waals surface area contributed by atoms with Crippen molar-refractivity contribution in [1.82, 2.24) is 9.88 Å². The Labute approximate surface area is 178 Å². The van der Waals surface area contributed by atoms with Crippen LogP contribution in [0.25, 0.3) is 10.9 Å². The normalized spacial score (nSPS) is 12.1. The number of fused-ring (bicyclic) bond motifs is 1. The summed E-state index contributed by atoms with van der Waals surface area (Å²) in [5, 5.41) is 23.3. The van der Waals surface area contributed by atoms with Gasteiger partial charge in [0.15, 0.2) is 0 Å². The van der Waals surface area contributed by atoms with Gasteiger partial charge in [-0.25, -0.2) is 0 Å². The van der Waals surface area contributed by atoms with Gasteiger partial charge in [-0.3, -0.25) is 0 Å². The summed E-state index contributed by atoms with van der Waals surface area (Å²) in [6.45, 7) is 8.53. The Balaban J connectivity index is 1.58. The van der Waals surface area contributed by atoms with Crippen molar-refractivity contribution in [1.29, 1.82) is 5.26 Å². The summed E-state index contributed by atoms with van der Waals surface area (Å²) >= 11 is 0. The second kappa shape index (κ2) is 10.3. The zero-order chi connectivity index (χ0) is 21.5. The molecule has 0 radical (unpaired) electrons. The highest BCUT2D eigenvalue weighted by molar-refractivity contribution is 5.86. The number of aromatic nitrogens is 1. The van der Waals surface area contributed by atoms with E-state index in [2.05, 4.69) is 54.9 Å². The fraction of sp³-hybridized carbons (Fsp3) is 0.400. The molecule has 0 aliphatic heterocycles. The molecular formula is C25H31N3O2. The fourth-order valence-electron chi connectivity index (χ4n) is 3.95. The highest BCUT2D eigenvalue weighted by atomic mass is 16.5. The molecule has 5 heteroatoms. The number of benzene rings is 2. The average molecular weight is 406 g/mol. The van der Waals surface area contributed by atoms with Crippen LogP contribution in [-0.2, 0) is 13.0 Å². The van der Waals surface area contributed by atoms with Crippen LogP contribution in [0.5, 0.6) is 5.75 Å². The lowest BCUT2D eigenvalue weighted by atomic mass is 10.0. The molecule has 2 aromatic carbocycles. The van der Waals surface area contributed by atoms with Crippen LogP contribution < -0.4 is 10.1 Å². The van der Waals surface area contributed by atoms with Gasteiger partial charge in [-0.1, -0.05) is 18.2 Å². The van der Waals surface area contributed by atoms with Crippen LogP contribution in [0.1, 0.15) is 35.6 Å². The molecule has 0 fully saturated rings. The highest BCUT2D eigenvalue weighted by Crippen LogP contribution is 2.24. The molecule has 0 aliphatic rings. The Bertz CT molecular complexity index is 1010. The third-order valence-electron chi connectivity index (χ3n) is 5.39. The zero-order valence-electron chi connectivity index (χ0n) is 18.1. The maximum atomic E-state index is 9.64. The third kappa shape index (κ3) is 5.21. The molecule has 0 unspecified atom stereocenters. The van der Waals surface area contributed by atoms with E-state index in [1.165, 1.54) is 0 Å². The Morgan fingerprint density at radius 1 is 1.20 bits per heavy atom. The molecule has 158 valence electrons. The summed E-state index contributed by atoms with van der Waals surface area (Å²) in [5.74, 6) is 0.974. The average Bonchev–Trinajstić information content (AvgIpc) is 3.13. The van der Waals surface area contributed by atoms with E-state index < -0.39 is 0 Å². The van der Waals surface area contributed by atoms with E-state index in [-0.39, 0.29) is 12.6 Å². The Hall–Kier alpha value is -2.81. The molecule has 3 aromatic rings. The molecule has 3 rings (SSSR count). The Morgan fingerprint density at radius 2 is 1.97 bits per heavy atom. The number of aliphatic hydroxyl groups excluding tert-OH is 1. The Morgan fingerprint density at radius 3 is 2.67 bits per heavy atom. The summed E-state index contributed by atoms with van der Waals surface area (Å²) < 4.78 is 8.03. The van der Waals surface area contributed by atoms with E-state index >= 15 is 0 Å². The van der Waals surface area contributed by atoms with Crippen molar-refractivity contribution < 1.29 is 9.84 Å². The van der Waals surface area contributed by atoms with Gasteiger partial charge < -0.3 is 19.7 Å². The first-order valence-electron chi connectivity index (χ1n) is 10.6. The van der Waals surface area contributed by atoms with Crippen LogP contribution in [0.15, 0.2) is 42.6 Å². The van der Waals surface area contributed by atoms with Crippen LogP contribution in [0.4, 0.5) is 0 Å². The van der Waals surface area contributed by atoms with Crippen molar-refractivity contribution >= 4 is 10.9 Å². The van der Waals surface area contributed by atoms with E-state index in [0.29, 0.717) is 25.1 Å². The number of para-hydroxylation sites is 1. The first kappa shape index (κ1) is 21.9. The number of aryl methyl sites for hydroxylation is 3. The van der Waals surface area contributed by atoms with Crippen molar-refractivity contribution in [3.05, 3.63) is 64.8 Å². The van der Waals surface area contributed by atoms with Crippen molar-refractivity contribution in [2.24, 2.45) is 0 Å². The number of nitrogens with zero attached hydrogens (tertiary/aromatic N) is 2. The van der Waals surface area contributed by atoms with E-state index in [1.807, 2.05) is 24.4 Å². The maximum absolute atomic E-state index is 9.64. The highest BCUT2D eigenvalue weighted by Gasteiger charge is 2.11. The summed E-state index contributed by atoms with van der Waals surface area (Å²) in [7, 11) is 0. The number of hydrogen-bond donors (Lipinski definition) is 2. The predicted octanol–water partition coefficient (Wildman–Crippen LogP) is 4.11. The molecule has 5 nitrogen and oxygen atoms in total. The zero-order valence-corrected chi connectivity index (χ0v) is 18.1. The lowest BCUT2D eigenvalue weighted by Gasteiger charge is -2.16. The van der Waals surface area contributed by atoms with Crippen molar-refractivity contribution in [3.63, 3.8) is 0 Å². The quantitative estimate of drug-likeness (QED) is 0.498. The van der Waals surface area contributed by atoms with Crippen LogP contribution in [-0.4, -0.2) is 35.5 Å². The van der Waals surface area contributed by atoms with Crippen molar-refractivity contribution in [2.75, 3.05) is 19.8 Å². The monoisotopic (exact) mass is 405 g/mol. The van der Waals surface area contributed by atoms with Gasteiger partial charge in [-0.2, -0.15) is 5.26 Å². The van der Waals surface area contributed by atoms with Gasteiger partial charge in [-0.05, 0) is 68.5 Å². The number of ether oxygens (including phenoxy) is 1. The van der Waals surface area contributed by atoms with Gasteiger partial charge in [0.2, 0.25) is 0 Å². The largest absolute Gasteiger partial charge is 0.492 e. The topological polar surface area (TPSA) is 70.2 Å². The fourth-order valence-corrected chi connectivity index (χ4v) is 3.95. The number of rotatable bonds is 10. The lowest BCUT2D eigenvalue weighted by Crippen LogP contribution is -2.32. The molecule has 0 spiro atoms. The SMILES string of the molecule is Cc1cccc(C)c1OCCN[C@H](C)Cc1cc(C#N)c2c(ccn2CCCO)c1. The number of aliphatic hydroxyl groups is 1. The summed E-state index contributed by atoms with van der Waals surface area (Å²) in [6.07, 6.45) is 3.52. The van der Waals surface area contributed by atoms with Gasteiger partial charge in [0.1, 0.15) is 18.4 Å². The minimum absolute atomic E-state index is 0.149. The van der Waals surface area contributed by atoms with E-state index in [9.17, 15) is 5.26 Å². The molecule has 30 heavy (non-hydrogen) atoms. The summed E-state index contributed by atoms with van der Waals surface area (Å²) in [4.78, 5) is 0. The molecule has 0 amide bonds. The van der Waals surface area contributed by atoms with Gasteiger partial charge in [0, 0.05) is 37.3 Å².